The van der Waals surface area contributed by atoms with E-state index in [-0.39, 0.29) is 6.04 Å². The number of pyridine rings is 1. The minimum absolute atomic E-state index is 0.00137. The number of para-hydroxylation sites is 1. The van der Waals surface area contributed by atoms with Crippen LogP contribution >= 0.6 is 38.9 Å². The molecule has 3 aromatic rings. The predicted molar refractivity (Wildman–Crippen MR) is 94.3 cm³/mol. The van der Waals surface area contributed by atoms with Crippen LogP contribution in [0.3, 0.4) is 0 Å². The second-order valence-corrected chi connectivity index (χ2v) is 6.88. The van der Waals surface area contributed by atoms with Gasteiger partial charge in [0.1, 0.15) is 0 Å². The molecule has 3 rings (SSSR count). The zero-order valence-corrected chi connectivity index (χ0v) is 14.6. The number of thiophene rings is 1. The molecule has 0 aliphatic rings. The van der Waals surface area contributed by atoms with Crippen LogP contribution in [0, 0.1) is 0 Å². The van der Waals surface area contributed by atoms with Crippen molar-refractivity contribution in [2.45, 2.75) is 13.0 Å². The van der Waals surface area contributed by atoms with E-state index in [9.17, 15) is 0 Å². The quantitative estimate of drug-likeness (QED) is 0.653. The molecule has 21 heavy (non-hydrogen) atoms. The lowest BCUT2D eigenvalue weighted by molar-refractivity contribution is 0.624. The standard InChI is InChI=1S/C16H14BrClN2S/c1-2-19-15(16-12(18)7-8-21-16)14-11(17)9-10-5-3-4-6-13(10)20-14/h3-9,15,19H,2H2,1H3. The number of nitrogens with zero attached hydrogens (tertiary/aromatic N) is 1. The van der Waals surface area contributed by atoms with Gasteiger partial charge in [-0.3, -0.25) is 0 Å². The van der Waals surface area contributed by atoms with E-state index in [1.165, 1.54) is 0 Å². The van der Waals surface area contributed by atoms with Gasteiger partial charge < -0.3 is 5.32 Å². The molecule has 2 heterocycles. The second-order valence-electron chi connectivity index (χ2n) is 4.67. The minimum atomic E-state index is 0.00137. The molecule has 1 aromatic carbocycles. The van der Waals surface area contributed by atoms with Crippen LogP contribution in [0.4, 0.5) is 0 Å². The zero-order chi connectivity index (χ0) is 14.8. The highest BCUT2D eigenvalue weighted by atomic mass is 79.9. The molecule has 0 fully saturated rings. The van der Waals surface area contributed by atoms with E-state index >= 15 is 0 Å². The molecule has 1 atom stereocenters. The first-order chi connectivity index (χ1) is 10.2. The van der Waals surface area contributed by atoms with E-state index in [1.807, 2.05) is 29.6 Å². The maximum atomic E-state index is 6.32. The Morgan fingerprint density at radius 1 is 1.33 bits per heavy atom. The van der Waals surface area contributed by atoms with Gasteiger partial charge in [0, 0.05) is 14.7 Å². The molecule has 0 aliphatic heterocycles. The maximum Gasteiger partial charge on any atom is 0.0871 e. The first kappa shape index (κ1) is 15.0. The lowest BCUT2D eigenvalue weighted by atomic mass is 10.1. The summed E-state index contributed by atoms with van der Waals surface area (Å²) in [5.41, 5.74) is 1.96. The predicted octanol–water partition coefficient (Wildman–Crippen LogP) is 5.41. The normalized spacial score (nSPS) is 12.7. The van der Waals surface area contributed by atoms with Crippen LogP contribution < -0.4 is 5.32 Å². The fourth-order valence-electron chi connectivity index (χ4n) is 2.34. The number of rotatable bonds is 4. The number of benzene rings is 1. The smallest absolute Gasteiger partial charge is 0.0871 e. The van der Waals surface area contributed by atoms with E-state index in [1.54, 1.807) is 11.3 Å². The van der Waals surface area contributed by atoms with Gasteiger partial charge in [-0.25, -0.2) is 4.98 Å². The van der Waals surface area contributed by atoms with Crippen LogP contribution in [0.5, 0.6) is 0 Å². The van der Waals surface area contributed by atoms with Gasteiger partial charge in [0.15, 0.2) is 0 Å². The fourth-order valence-corrected chi connectivity index (χ4v) is 4.14. The first-order valence-corrected chi connectivity index (χ1v) is 8.77. The summed E-state index contributed by atoms with van der Waals surface area (Å²) in [4.78, 5) is 5.93. The Labute approximate surface area is 141 Å². The van der Waals surface area contributed by atoms with E-state index in [0.717, 1.165) is 37.5 Å². The summed E-state index contributed by atoms with van der Waals surface area (Å²) in [6.45, 7) is 2.93. The van der Waals surface area contributed by atoms with Gasteiger partial charge in [-0.05, 0) is 46.1 Å². The minimum Gasteiger partial charge on any atom is -0.304 e. The Morgan fingerprint density at radius 2 is 2.14 bits per heavy atom. The number of halogens is 2. The van der Waals surface area contributed by atoms with E-state index in [0.29, 0.717) is 0 Å². The number of hydrogen-bond acceptors (Lipinski definition) is 3. The number of fused-ring (bicyclic) bond motifs is 1. The number of hydrogen-bond donors (Lipinski definition) is 1. The Morgan fingerprint density at radius 3 is 2.86 bits per heavy atom. The Bertz CT molecular complexity index is 772. The van der Waals surface area contributed by atoms with Gasteiger partial charge in [-0.1, -0.05) is 36.7 Å². The van der Waals surface area contributed by atoms with Crippen molar-refractivity contribution in [1.29, 1.82) is 0 Å². The lowest BCUT2D eigenvalue weighted by Gasteiger charge is -2.18. The molecule has 5 heteroatoms. The van der Waals surface area contributed by atoms with E-state index < -0.39 is 0 Å². The number of nitrogens with one attached hydrogen (secondary N) is 1. The summed E-state index contributed by atoms with van der Waals surface area (Å²) in [6, 6.07) is 12.2. The summed E-state index contributed by atoms with van der Waals surface area (Å²) in [6.07, 6.45) is 0. The molecule has 0 amide bonds. The highest BCUT2D eigenvalue weighted by Gasteiger charge is 2.21. The third-order valence-corrected chi connectivity index (χ3v) is 5.35. The van der Waals surface area contributed by atoms with Crippen molar-refractivity contribution >= 4 is 49.8 Å². The average Bonchev–Trinajstić information content (AvgIpc) is 2.90. The maximum absolute atomic E-state index is 6.32. The molecule has 2 aromatic heterocycles. The summed E-state index contributed by atoms with van der Waals surface area (Å²) >= 11 is 11.6. The Kier molecular flexibility index (Phi) is 4.60. The van der Waals surface area contributed by atoms with Crippen LogP contribution in [-0.4, -0.2) is 11.5 Å². The molecule has 0 saturated heterocycles. The third-order valence-electron chi connectivity index (χ3n) is 3.29. The van der Waals surface area contributed by atoms with Crippen molar-refractivity contribution in [1.82, 2.24) is 10.3 Å². The molecule has 0 saturated carbocycles. The van der Waals surface area contributed by atoms with Crippen molar-refractivity contribution in [3.8, 4) is 0 Å². The molecule has 1 N–H and O–H groups in total. The van der Waals surface area contributed by atoms with Gasteiger partial charge in [0.25, 0.3) is 0 Å². The van der Waals surface area contributed by atoms with E-state index in [4.69, 9.17) is 16.6 Å². The van der Waals surface area contributed by atoms with E-state index in [2.05, 4.69) is 40.3 Å². The fraction of sp³-hybridized carbons (Fsp3) is 0.188. The number of aromatic nitrogens is 1. The second kappa shape index (κ2) is 6.44. The van der Waals surface area contributed by atoms with Gasteiger partial charge in [0.05, 0.1) is 22.3 Å². The Hall–Kier alpha value is -0.940. The lowest BCUT2D eigenvalue weighted by Crippen LogP contribution is -2.22. The van der Waals surface area contributed by atoms with Gasteiger partial charge in [-0.15, -0.1) is 11.3 Å². The van der Waals surface area contributed by atoms with Gasteiger partial charge in [-0.2, -0.15) is 0 Å². The van der Waals surface area contributed by atoms with Crippen LogP contribution in [0.1, 0.15) is 23.5 Å². The van der Waals surface area contributed by atoms with Crippen LogP contribution in [-0.2, 0) is 0 Å². The highest BCUT2D eigenvalue weighted by Crippen LogP contribution is 2.36. The summed E-state index contributed by atoms with van der Waals surface area (Å²) in [7, 11) is 0. The molecule has 2 nitrogen and oxygen atoms in total. The third kappa shape index (κ3) is 2.99. The summed E-state index contributed by atoms with van der Waals surface area (Å²) in [5.74, 6) is 0. The van der Waals surface area contributed by atoms with Gasteiger partial charge in [0.2, 0.25) is 0 Å². The topological polar surface area (TPSA) is 24.9 Å². The highest BCUT2D eigenvalue weighted by molar-refractivity contribution is 9.10. The van der Waals surface area contributed by atoms with Crippen molar-refractivity contribution < 1.29 is 0 Å². The first-order valence-electron chi connectivity index (χ1n) is 6.72. The molecule has 0 radical (unpaired) electrons. The molecule has 0 aliphatic carbocycles. The van der Waals surface area contributed by atoms with Crippen LogP contribution in [0.25, 0.3) is 10.9 Å². The Balaban J connectivity index is 2.15. The largest absolute Gasteiger partial charge is 0.304 e. The van der Waals surface area contributed by atoms with Gasteiger partial charge >= 0.3 is 0 Å². The molecule has 1 unspecified atom stereocenters. The molecule has 108 valence electrons. The van der Waals surface area contributed by atoms with Crippen molar-refractivity contribution in [3.63, 3.8) is 0 Å². The SMILES string of the molecule is CCNC(c1nc2ccccc2cc1Br)c1sccc1Cl. The molecular weight excluding hydrogens is 368 g/mol. The molecule has 0 bridgehead atoms. The average molecular weight is 382 g/mol. The summed E-state index contributed by atoms with van der Waals surface area (Å²) < 4.78 is 0.997. The van der Waals surface area contributed by atoms with Crippen molar-refractivity contribution in [3.05, 3.63) is 61.8 Å². The molecule has 0 spiro atoms. The van der Waals surface area contributed by atoms with Crippen LogP contribution in [0.15, 0.2) is 46.3 Å². The summed E-state index contributed by atoms with van der Waals surface area (Å²) in [5, 5.41) is 7.40. The van der Waals surface area contributed by atoms with Crippen molar-refractivity contribution in [2.24, 2.45) is 0 Å². The van der Waals surface area contributed by atoms with Crippen LogP contribution in [0.2, 0.25) is 5.02 Å². The molecular formula is C16H14BrClN2S. The monoisotopic (exact) mass is 380 g/mol. The van der Waals surface area contributed by atoms with Crippen molar-refractivity contribution in [2.75, 3.05) is 6.54 Å². The zero-order valence-electron chi connectivity index (χ0n) is 11.4.